The zero-order chi connectivity index (χ0) is 14.5. The summed E-state index contributed by atoms with van der Waals surface area (Å²) in [4.78, 5) is 4.20. The lowest BCUT2D eigenvalue weighted by Gasteiger charge is -2.10. The number of nitrogens with zero attached hydrogens (tertiary/aromatic N) is 2. The summed E-state index contributed by atoms with van der Waals surface area (Å²) in [7, 11) is 0. The summed E-state index contributed by atoms with van der Waals surface area (Å²) in [6.07, 6.45) is 1.54. The largest absolute Gasteiger partial charge is 0.484 e. The Balaban J connectivity index is 2.02. The number of hydrogen-bond acceptors (Lipinski definition) is 5. The van der Waals surface area contributed by atoms with E-state index in [1.165, 1.54) is 0 Å². The number of aryl methyl sites for hydroxylation is 1. The van der Waals surface area contributed by atoms with Crippen molar-refractivity contribution in [2.45, 2.75) is 39.3 Å². The number of rotatable bonds is 6. The van der Waals surface area contributed by atoms with E-state index in [0.717, 1.165) is 28.6 Å². The van der Waals surface area contributed by atoms with E-state index in [2.05, 4.69) is 26.1 Å². The molecule has 0 fully saturated rings. The van der Waals surface area contributed by atoms with Gasteiger partial charge in [-0.2, -0.15) is 4.98 Å². The first-order valence-corrected chi connectivity index (χ1v) is 7.36. The molecule has 0 amide bonds. The molecule has 1 atom stereocenters. The second-order valence-corrected chi connectivity index (χ2v) is 5.54. The van der Waals surface area contributed by atoms with Crippen molar-refractivity contribution in [2.75, 3.05) is 0 Å². The van der Waals surface area contributed by atoms with Gasteiger partial charge < -0.3 is 15.0 Å². The second kappa shape index (κ2) is 6.85. The highest BCUT2D eigenvalue weighted by Crippen LogP contribution is 2.24. The molecule has 0 aliphatic rings. The summed E-state index contributed by atoms with van der Waals surface area (Å²) >= 11 is 3.52. The van der Waals surface area contributed by atoms with E-state index in [4.69, 9.17) is 15.0 Å². The average molecular weight is 340 g/mol. The summed E-state index contributed by atoms with van der Waals surface area (Å²) in [6.45, 7) is 4.22. The molecule has 1 aromatic heterocycles. The van der Waals surface area contributed by atoms with Crippen molar-refractivity contribution in [1.29, 1.82) is 0 Å². The van der Waals surface area contributed by atoms with Crippen LogP contribution in [0.3, 0.4) is 0 Å². The van der Waals surface area contributed by atoms with E-state index >= 15 is 0 Å². The molecule has 0 saturated carbocycles. The molecule has 5 nitrogen and oxygen atoms in total. The van der Waals surface area contributed by atoms with E-state index < -0.39 is 0 Å². The lowest BCUT2D eigenvalue weighted by Crippen LogP contribution is -2.18. The third-order valence-corrected chi connectivity index (χ3v) is 3.52. The highest BCUT2D eigenvalue weighted by molar-refractivity contribution is 9.10. The number of aromatic nitrogens is 2. The molecule has 0 aliphatic carbocycles. The molecule has 2 rings (SSSR count). The Labute approximate surface area is 126 Å². The summed E-state index contributed by atoms with van der Waals surface area (Å²) in [6, 6.07) is 5.93. The first-order valence-electron chi connectivity index (χ1n) is 6.56. The van der Waals surface area contributed by atoms with E-state index in [0.29, 0.717) is 11.7 Å². The van der Waals surface area contributed by atoms with Crippen LogP contribution in [0.25, 0.3) is 0 Å². The molecule has 20 heavy (non-hydrogen) atoms. The molecule has 0 radical (unpaired) electrons. The van der Waals surface area contributed by atoms with E-state index in [1.807, 2.05) is 32.0 Å². The zero-order valence-corrected chi connectivity index (χ0v) is 13.2. The molecule has 1 aromatic carbocycles. The topological polar surface area (TPSA) is 74.2 Å². The predicted octanol–water partition coefficient (Wildman–Crippen LogP) is 2.86. The number of nitrogens with two attached hydrogens (primary N) is 1. The fraction of sp³-hybridized carbons (Fsp3) is 0.429. The van der Waals surface area contributed by atoms with Gasteiger partial charge in [-0.1, -0.05) is 28.0 Å². The fourth-order valence-electron chi connectivity index (χ4n) is 1.78. The van der Waals surface area contributed by atoms with Crippen molar-refractivity contribution in [3.05, 3.63) is 40.0 Å². The van der Waals surface area contributed by atoms with Gasteiger partial charge in [-0.25, -0.2) is 0 Å². The molecule has 6 heteroatoms. The Bertz CT molecular complexity index is 569. The van der Waals surface area contributed by atoms with Crippen LogP contribution in [0, 0.1) is 0 Å². The quantitative estimate of drug-likeness (QED) is 0.875. The fourth-order valence-corrected chi connectivity index (χ4v) is 2.19. The van der Waals surface area contributed by atoms with Crippen LogP contribution in [0.1, 0.15) is 31.1 Å². The van der Waals surface area contributed by atoms with Gasteiger partial charge in [0.2, 0.25) is 0 Å². The number of halogens is 1. The molecule has 0 aliphatic heterocycles. The van der Waals surface area contributed by atoms with Crippen LogP contribution >= 0.6 is 15.9 Å². The SMILES string of the molecule is CCc1noc(COc2ccc(Br)c(CC(C)N)c2)n1. The summed E-state index contributed by atoms with van der Waals surface area (Å²) in [5.74, 6) is 1.94. The highest BCUT2D eigenvalue weighted by atomic mass is 79.9. The first kappa shape index (κ1) is 15.0. The van der Waals surface area contributed by atoms with Gasteiger partial charge in [0.05, 0.1) is 0 Å². The van der Waals surface area contributed by atoms with Crippen LogP contribution in [-0.4, -0.2) is 16.2 Å². The van der Waals surface area contributed by atoms with E-state index in [9.17, 15) is 0 Å². The van der Waals surface area contributed by atoms with Crippen molar-refractivity contribution in [2.24, 2.45) is 5.73 Å². The van der Waals surface area contributed by atoms with Gasteiger partial charge in [0.1, 0.15) is 5.75 Å². The third kappa shape index (κ3) is 4.05. The highest BCUT2D eigenvalue weighted by Gasteiger charge is 2.08. The monoisotopic (exact) mass is 339 g/mol. The van der Waals surface area contributed by atoms with Crippen LogP contribution in [0.4, 0.5) is 0 Å². The minimum absolute atomic E-state index is 0.101. The number of benzene rings is 1. The zero-order valence-electron chi connectivity index (χ0n) is 11.6. The normalized spacial score (nSPS) is 12.4. The van der Waals surface area contributed by atoms with Gasteiger partial charge in [-0.3, -0.25) is 0 Å². The molecule has 1 heterocycles. The van der Waals surface area contributed by atoms with Gasteiger partial charge in [0.15, 0.2) is 12.4 Å². The maximum atomic E-state index is 5.83. The average Bonchev–Trinajstić information content (AvgIpc) is 2.87. The van der Waals surface area contributed by atoms with Crippen molar-refractivity contribution in [3.8, 4) is 5.75 Å². The predicted molar refractivity (Wildman–Crippen MR) is 79.5 cm³/mol. The van der Waals surface area contributed by atoms with Gasteiger partial charge >= 0.3 is 0 Å². The Morgan fingerprint density at radius 2 is 2.25 bits per heavy atom. The molecular formula is C14H18BrN3O2. The van der Waals surface area contributed by atoms with Crippen LogP contribution in [0.5, 0.6) is 5.75 Å². The summed E-state index contributed by atoms with van der Waals surface area (Å²) in [5, 5.41) is 3.83. The lowest BCUT2D eigenvalue weighted by atomic mass is 10.1. The Morgan fingerprint density at radius 1 is 1.45 bits per heavy atom. The van der Waals surface area contributed by atoms with Gasteiger partial charge in [-0.05, 0) is 37.1 Å². The standard InChI is InChI=1S/C14H18BrN3O2/c1-3-13-17-14(20-18-13)8-19-11-4-5-12(15)10(7-11)6-9(2)16/h4-5,7,9H,3,6,8,16H2,1-2H3. The van der Waals surface area contributed by atoms with Crippen molar-refractivity contribution < 1.29 is 9.26 Å². The first-order chi connectivity index (χ1) is 9.58. The molecule has 0 saturated heterocycles. The molecule has 1 unspecified atom stereocenters. The Morgan fingerprint density at radius 3 is 2.90 bits per heavy atom. The minimum atomic E-state index is 0.101. The van der Waals surface area contributed by atoms with Crippen LogP contribution in [0.2, 0.25) is 0 Å². The molecule has 108 valence electrons. The lowest BCUT2D eigenvalue weighted by molar-refractivity contribution is 0.242. The van der Waals surface area contributed by atoms with Gasteiger partial charge in [0.25, 0.3) is 5.89 Å². The number of ether oxygens (including phenoxy) is 1. The van der Waals surface area contributed by atoms with Crippen LogP contribution in [-0.2, 0) is 19.4 Å². The van der Waals surface area contributed by atoms with E-state index in [1.54, 1.807) is 0 Å². The maximum Gasteiger partial charge on any atom is 0.264 e. The molecule has 2 N–H and O–H groups in total. The maximum absolute atomic E-state index is 5.83. The van der Waals surface area contributed by atoms with Gasteiger partial charge in [-0.15, -0.1) is 0 Å². The smallest absolute Gasteiger partial charge is 0.264 e. The third-order valence-electron chi connectivity index (χ3n) is 2.75. The van der Waals surface area contributed by atoms with Crippen molar-refractivity contribution in [1.82, 2.24) is 10.1 Å². The number of hydrogen-bond donors (Lipinski definition) is 1. The molecule has 2 aromatic rings. The van der Waals surface area contributed by atoms with Gasteiger partial charge in [0, 0.05) is 16.9 Å². The molecule has 0 bridgehead atoms. The minimum Gasteiger partial charge on any atom is -0.484 e. The molecule has 0 spiro atoms. The van der Waals surface area contributed by atoms with E-state index in [-0.39, 0.29) is 12.6 Å². The van der Waals surface area contributed by atoms with Crippen LogP contribution < -0.4 is 10.5 Å². The van der Waals surface area contributed by atoms with Crippen molar-refractivity contribution in [3.63, 3.8) is 0 Å². The molecular weight excluding hydrogens is 322 g/mol. The Hall–Kier alpha value is -1.40. The second-order valence-electron chi connectivity index (χ2n) is 4.68. The summed E-state index contributed by atoms with van der Waals surface area (Å²) < 4.78 is 11.8. The van der Waals surface area contributed by atoms with Crippen molar-refractivity contribution >= 4 is 15.9 Å². The summed E-state index contributed by atoms with van der Waals surface area (Å²) in [5.41, 5.74) is 6.95. The van der Waals surface area contributed by atoms with Crippen LogP contribution in [0.15, 0.2) is 27.2 Å². The Kier molecular flexibility index (Phi) is 5.14.